The van der Waals surface area contributed by atoms with Gasteiger partial charge in [0.1, 0.15) is 0 Å². The molecule has 2 aromatic heterocycles. The second kappa shape index (κ2) is 6.15. The molecular formula is C15H13N5O2. The average molecular weight is 295 g/mol. The molecule has 7 nitrogen and oxygen atoms in total. The number of pyridine rings is 1. The zero-order valence-corrected chi connectivity index (χ0v) is 11.5. The molecule has 3 aromatic rings. The van der Waals surface area contributed by atoms with E-state index in [1.54, 1.807) is 12.3 Å². The monoisotopic (exact) mass is 295 g/mol. The van der Waals surface area contributed by atoms with Crippen LogP contribution < -0.4 is 5.32 Å². The molecular weight excluding hydrogens is 282 g/mol. The predicted octanol–water partition coefficient (Wildman–Crippen LogP) is 1.41. The van der Waals surface area contributed by atoms with Crippen molar-refractivity contribution in [3.8, 4) is 5.69 Å². The Kier molecular flexibility index (Phi) is 3.88. The predicted molar refractivity (Wildman–Crippen MR) is 79.5 cm³/mol. The Morgan fingerprint density at radius 1 is 1.18 bits per heavy atom. The number of aliphatic hydroxyl groups excluding tert-OH is 1. The number of carbonyl (C=O) groups excluding carboxylic acids is 1. The van der Waals surface area contributed by atoms with E-state index in [0.29, 0.717) is 11.3 Å². The second-order valence-electron chi connectivity index (χ2n) is 4.50. The highest BCUT2D eigenvalue weighted by Gasteiger charge is 2.13. The van der Waals surface area contributed by atoms with Crippen LogP contribution in [0.25, 0.3) is 5.69 Å². The summed E-state index contributed by atoms with van der Waals surface area (Å²) >= 11 is 0. The van der Waals surface area contributed by atoms with Crippen molar-refractivity contribution in [3.63, 3.8) is 0 Å². The molecule has 0 fully saturated rings. The Bertz CT molecular complexity index is 785. The number of para-hydroxylation sites is 1. The third kappa shape index (κ3) is 2.84. The Hall–Kier alpha value is -3.06. The van der Waals surface area contributed by atoms with E-state index in [4.69, 9.17) is 0 Å². The number of aromatic nitrogens is 4. The first-order chi connectivity index (χ1) is 10.8. The molecule has 1 aromatic carbocycles. The fourth-order valence-corrected chi connectivity index (χ4v) is 1.91. The first-order valence-electron chi connectivity index (χ1n) is 6.61. The molecule has 2 heterocycles. The Balaban J connectivity index is 1.80. The first kappa shape index (κ1) is 13.9. The largest absolute Gasteiger partial charge is 0.392 e. The molecule has 0 bridgehead atoms. The fourth-order valence-electron chi connectivity index (χ4n) is 1.91. The van der Waals surface area contributed by atoms with E-state index in [-0.39, 0.29) is 12.3 Å². The van der Waals surface area contributed by atoms with E-state index in [0.717, 1.165) is 5.69 Å². The summed E-state index contributed by atoms with van der Waals surface area (Å²) in [5, 5.41) is 20.1. The topological polar surface area (TPSA) is 92.9 Å². The zero-order valence-electron chi connectivity index (χ0n) is 11.5. The molecule has 0 aliphatic heterocycles. The fraction of sp³-hybridized carbons (Fsp3) is 0.0667. The van der Waals surface area contributed by atoms with Crippen molar-refractivity contribution >= 4 is 11.6 Å². The van der Waals surface area contributed by atoms with E-state index in [1.165, 1.54) is 17.2 Å². The van der Waals surface area contributed by atoms with Gasteiger partial charge in [-0.2, -0.15) is 9.90 Å². The summed E-state index contributed by atoms with van der Waals surface area (Å²) in [6.07, 6.45) is 4.41. The zero-order chi connectivity index (χ0) is 15.4. The van der Waals surface area contributed by atoms with Crippen molar-refractivity contribution in [2.75, 3.05) is 5.32 Å². The summed E-state index contributed by atoms with van der Waals surface area (Å²) in [5.41, 5.74) is 1.97. The van der Waals surface area contributed by atoms with Gasteiger partial charge in [-0.15, -0.1) is 5.10 Å². The minimum Gasteiger partial charge on any atom is -0.392 e. The summed E-state index contributed by atoms with van der Waals surface area (Å²) in [7, 11) is 0. The van der Waals surface area contributed by atoms with Crippen LogP contribution in [0.1, 0.15) is 16.1 Å². The van der Waals surface area contributed by atoms with Gasteiger partial charge in [0.2, 0.25) is 0 Å². The highest BCUT2D eigenvalue weighted by atomic mass is 16.3. The van der Waals surface area contributed by atoms with E-state index in [9.17, 15) is 9.90 Å². The van der Waals surface area contributed by atoms with Gasteiger partial charge in [0.25, 0.3) is 5.91 Å². The number of amides is 1. The number of nitrogens with one attached hydrogen (secondary N) is 1. The van der Waals surface area contributed by atoms with Crippen molar-refractivity contribution in [1.29, 1.82) is 0 Å². The third-order valence-electron chi connectivity index (χ3n) is 3.04. The van der Waals surface area contributed by atoms with Gasteiger partial charge in [0.15, 0.2) is 5.69 Å². The lowest BCUT2D eigenvalue weighted by Crippen LogP contribution is -2.14. The van der Waals surface area contributed by atoms with Gasteiger partial charge < -0.3 is 10.4 Å². The summed E-state index contributed by atoms with van der Waals surface area (Å²) in [6, 6.07) is 10.9. The Labute approximate surface area is 126 Å². The molecule has 0 saturated carbocycles. The maximum atomic E-state index is 12.2. The van der Waals surface area contributed by atoms with Crippen LogP contribution in [0.4, 0.5) is 5.69 Å². The van der Waals surface area contributed by atoms with Crippen LogP contribution in [0.5, 0.6) is 0 Å². The van der Waals surface area contributed by atoms with Gasteiger partial charge in [0.05, 0.1) is 30.4 Å². The van der Waals surface area contributed by atoms with Crippen LogP contribution in [0, 0.1) is 0 Å². The molecule has 0 aliphatic rings. The van der Waals surface area contributed by atoms with Gasteiger partial charge in [-0.1, -0.05) is 18.2 Å². The van der Waals surface area contributed by atoms with E-state index in [1.807, 2.05) is 30.3 Å². The number of anilines is 1. The normalized spacial score (nSPS) is 10.4. The third-order valence-corrected chi connectivity index (χ3v) is 3.04. The molecule has 1 amide bonds. The molecule has 110 valence electrons. The van der Waals surface area contributed by atoms with Gasteiger partial charge in [-0.05, 0) is 18.2 Å². The molecule has 22 heavy (non-hydrogen) atoms. The van der Waals surface area contributed by atoms with Crippen molar-refractivity contribution in [2.24, 2.45) is 0 Å². The minimum atomic E-state index is -0.412. The lowest BCUT2D eigenvalue weighted by Gasteiger charge is -2.06. The van der Waals surface area contributed by atoms with Crippen molar-refractivity contribution in [1.82, 2.24) is 20.0 Å². The highest BCUT2D eigenvalue weighted by Crippen LogP contribution is 2.14. The smallest absolute Gasteiger partial charge is 0.277 e. The lowest BCUT2D eigenvalue weighted by atomic mass is 10.2. The van der Waals surface area contributed by atoms with E-state index >= 15 is 0 Å². The second-order valence-corrected chi connectivity index (χ2v) is 4.50. The van der Waals surface area contributed by atoms with Crippen LogP contribution in [0.3, 0.4) is 0 Å². The number of benzene rings is 1. The number of carbonyl (C=O) groups is 1. The molecule has 0 saturated heterocycles. The number of nitrogens with zero attached hydrogens (tertiary/aromatic N) is 4. The van der Waals surface area contributed by atoms with E-state index < -0.39 is 5.91 Å². The van der Waals surface area contributed by atoms with Crippen LogP contribution >= 0.6 is 0 Å². The van der Waals surface area contributed by atoms with Gasteiger partial charge in [-0.25, -0.2) is 0 Å². The first-order valence-corrected chi connectivity index (χ1v) is 6.61. The standard InChI is InChI=1S/C15H13N5O2/c21-10-11-6-7-16-8-13(11)18-15(22)14-9-17-20(19-14)12-4-2-1-3-5-12/h1-9,21H,10H2,(H,18,22). The summed E-state index contributed by atoms with van der Waals surface area (Å²) in [6.45, 7) is -0.186. The van der Waals surface area contributed by atoms with Crippen LogP contribution in [-0.4, -0.2) is 31.0 Å². The molecule has 0 spiro atoms. The van der Waals surface area contributed by atoms with Gasteiger partial charge >= 0.3 is 0 Å². The lowest BCUT2D eigenvalue weighted by molar-refractivity contribution is 0.102. The van der Waals surface area contributed by atoms with E-state index in [2.05, 4.69) is 20.5 Å². The summed E-state index contributed by atoms with van der Waals surface area (Å²) in [5.74, 6) is -0.412. The highest BCUT2D eigenvalue weighted by molar-refractivity contribution is 6.02. The van der Waals surface area contributed by atoms with Crippen molar-refractivity contribution < 1.29 is 9.90 Å². The maximum absolute atomic E-state index is 12.2. The molecule has 7 heteroatoms. The number of aliphatic hydroxyl groups is 1. The quantitative estimate of drug-likeness (QED) is 0.759. The van der Waals surface area contributed by atoms with Gasteiger partial charge in [-0.3, -0.25) is 9.78 Å². The SMILES string of the molecule is O=C(Nc1cnccc1CO)c1cnn(-c2ccccc2)n1. The number of hydrogen-bond acceptors (Lipinski definition) is 5. The molecule has 0 aliphatic carbocycles. The van der Waals surface area contributed by atoms with Crippen LogP contribution in [0.15, 0.2) is 55.0 Å². The number of rotatable bonds is 4. The van der Waals surface area contributed by atoms with Crippen molar-refractivity contribution in [2.45, 2.75) is 6.61 Å². The number of hydrogen-bond donors (Lipinski definition) is 2. The maximum Gasteiger partial charge on any atom is 0.277 e. The van der Waals surface area contributed by atoms with Crippen LogP contribution in [-0.2, 0) is 6.61 Å². The molecule has 0 radical (unpaired) electrons. The Morgan fingerprint density at radius 3 is 2.77 bits per heavy atom. The molecule has 3 rings (SSSR count). The van der Waals surface area contributed by atoms with Crippen molar-refractivity contribution in [3.05, 3.63) is 66.2 Å². The van der Waals surface area contributed by atoms with Gasteiger partial charge in [0, 0.05) is 11.8 Å². The molecule has 2 N–H and O–H groups in total. The minimum absolute atomic E-state index is 0.177. The Morgan fingerprint density at radius 2 is 2.00 bits per heavy atom. The molecule has 0 atom stereocenters. The summed E-state index contributed by atoms with van der Waals surface area (Å²) < 4.78 is 0. The van der Waals surface area contributed by atoms with Crippen LogP contribution in [0.2, 0.25) is 0 Å². The summed E-state index contributed by atoms with van der Waals surface area (Å²) in [4.78, 5) is 17.5. The average Bonchev–Trinajstić information content (AvgIpc) is 3.06. The molecule has 0 unspecified atom stereocenters.